The summed E-state index contributed by atoms with van der Waals surface area (Å²) in [5.41, 5.74) is 19.6. The maximum atomic E-state index is 7.13. The number of anilines is 3. The van der Waals surface area contributed by atoms with Gasteiger partial charge in [-0.2, -0.15) is 0 Å². The molecule has 11 aromatic rings. The molecule has 1 spiro atoms. The molecule has 2 nitrogen and oxygen atoms in total. The van der Waals surface area contributed by atoms with E-state index in [0.29, 0.717) is 0 Å². The molecule has 0 aliphatic heterocycles. The van der Waals surface area contributed by atoms with E-state index in [0.717, 1.165) is 60.9 Å². The predicted octanol–water partition coefficient (Wildman–Crippen LogP) is 15.9. The van der Waals surface area contributed by atoms with Crippen LogP contribution in [-0.4, -0.2) is 0 Å². The fourth-order valence-corrected chi connectivity index (χ4v) is 10.7. The third-order valence-corrected chi connectivity index (χ3v) is 13.3. The maximum Gasteiger partial charge on any atom is 0.145 e. The van der Waals surface area contributed by atoms with Gasteiger partial charge in [-0.15, -0.1) is 0 Å². The van der Waals surface area contributed by atoms with Crippen molar-refractivity contribution in [3.63, 3.8) is 0 Å². The SMILES string of the molecule is c1ccc(-c2ccc(N(c3ccc4c(c3)C3(c5ccccc5-c5ccccc53)c3ccccc3-4)c3ccc(-c4ccccc4)c4oc5c6ccccc6ccc5c34)cc2)cc1. The fourth-order valence-electron chi connectivity index (χ4n) is 10.7. The zero-order valence-corrected chi connectivity index (χ0v) is 33.2. The van der Waals surface area contributed by atoms with Gasteiger partial charge in [0, 0.05) is 27.7 Å². The molecule has 0 unspecified atom stereocenters. The second kappa shape index (κ2) is 13.0. The standard InChI is InChI=1S/C59H37NO/c1-3-15-38(16-4-1)39-27-30-42(31-28-39)60(55-36-35-45(40-17-5-2-6-18-40)58-56(55)50-33-29-41-19-7-8-20-44(41)57(50)61-58)43-32-34-49-48-23-11-14-26-53(48)59(54(49)37-43)51-24-12-9-21-46(51)47-22-10-13-25-52(47)59/h1-37H. The Morgan fingerprint density at radius 1 is 0.328 bits per heavy atom. The third kappa shape index (κ3) is 4.79. The van der Waals surface area contributed by atoms with Crippen molar-refractivity contribution in [1.82, 2.24) is 0 Å². The van der Waals surface area contributed by atoms with E-state index in [1.165, 1.54) is 55.6 Å². The smallest absolute Gasteiger partial charge is 0.145 e. The van der Waals surface area contributed by atoms with Crippen molar-refractivity contribution in [3.8, 4) is 44.5 Å². The normalized spacial score (nSPS) is 13.0. The molecule has 1 aromatic heterocycles. The van der Waals surface area contributed by atoms with Gasteiger partial charge in [-0.3, -0.25) is 0 Å². The highest BCUT2D eigenvalue weighted by Crippen LogP contribution is 2.63. The first-order valence-corrected chi connectivity index (χ1v) is 21.1. The van der Waals surface area contributed by atoms with Crippen LogP contribution < -0.4 is 4.90 Å². The lowest BCUT2D eigenvalue weighted by Crippen LogP contribution is -2.26. The third-order valence-electron chi connectivity index (χ3n) is 13.3. The first-order chi connectivity index (χ1) is 30.3. The monoisotopic (exact) mass is 775 g/mol. The van der Waals surface area contributed by atoms with Gasteiger partial charge in [-0.25, -0.2) is 0 Å². The van der Waals surface area contributed by atoms with Gasteiger partial charge < -0.3 is 9.32 Å². The first kappa shape index (κ1) is 34.0. The van der Waals surface area contributed by atoms with Crippen LogP contribution >= 0.6 is 0 Å². The van der Waals surface area contributed by atoms with Crippen LogP contribution in [0.5, 0.6) is 0 Å². The zero-order valence-electron chi connectivity index (χ0n) is 33.2. The minimum atomic E-state index is -0.467. The van der Waals surface area contributed by atoms with Crippen LogP contribution in [0.25, 0.3) is 77.2 Å². The second-order valence-electron chi connectivity index (χ2n) is 16.3. The second-order valence-corrected chi connectivity index (χ2v) is 16.3. The molecule has 0 amide bonds. The summed E-state index contributed by atoms with van der Waals surface area (Å²) in [6, 6.07) is 82.1. The van der Waals surface area contributed by atoms with Crippen molar-refractivity contribution in [1.29, 1.82) is 0 Å². The number of rotatable bonds is 5. The van der Waals surface area contributed by atoms with Crippen molar-refractivity contribution in [3.05, 3.63) is 247 Å². The minimum Gasteiger partial charge on any atom is -0.455 e. The molecule has 2 aliphatic carbocycles. The molecule has 61 heavy (non-hydrogen) atoms. The van der Waals surface area contributed by atoms with Crippen molar-refractivity contribution in [2.45, 2.75) is 5.41 Å². The lowest BCUT2D eigenvalue weighted by Gasteiger charge is -2.32. The molecular weight excluding hydrogens is 739 g/mol. The van der Waals surface area contributed by atoms with Gasteiger partial charge in [0.05, 0.1) is 16.5 Å². The first-order valence-electron chi connectivity index (χ1n) is 21.1. The van der Waals surface area contributed by atoms with Crippen LogP contribution in [0.4, 0.5) is 17.1 Å². The molecule has 0 fully saturated rings. The molecule has 0 atom stereocenters. The van der Waals surface area contributed by atoms with Gasteiger partial charge in [0.1, 0.15) is 11.2 Å². The average Bonchev–Trinajstić information content (AvgIpc) is 3.97. The summed E-state index contributed by atoms with van der Waals surface area (Å²) in [7, 11) is 0. The molecule has 2 aliphatic rings. The number of hydrogen-bond acceptors (Lipinski definition) is 2. The molecule has 284 valence electrons. The number of fused-ring (bicyclic) bond motifs is 15. The number of benzene rings is 10. The van der Waals surface area contributed by atoms with E-state index in [4.69, 9.17) is 4.42 Å². The van der Waals surface area contributed by atoms with Crippen LogP contribution in [-0.2, 0) is 5.41 Å². The topological polar surface area (TPSA) is 16.4 Å². The number of hydrogen-bond donors (Lipinski definition) is 0. The van der Waals surface area contributed by atoms with Crippen molar-refractivity contribution in [2.24, 2.45) is 0 Å². The molecular formula is C59H37NO. The highest BCUT2D eigenvalue weighted by molar-refractivity contribution is 6.22. The van der Waals surface area contributed by atoms with Gasteiger partial charge in [0.25, 0.3) is 0 Å². The van der Waals surface area contributed by atoms with Crippen LogP contribution in [0.2, 0.25) is 0 Å². The molecule has 0 N–H and O–H groups in total. The van der Waals surface area contributed by atoms with Gasteiger partial charge in [0.2, 0.25) is 0 Å². The molecule has 0 bridgehead atoms. The molecule has 2 heteroatoms. The Labute approximate surface area is 354 Å². The lowest BCUT2D eigenvalue weighted by molar-refractivity contribution is 0.674. The van der Waals surface area contributed by atoms with Crippen LogP contribution in [0, 0.1) is 0 Å². The molecule has 0 saturated heterocycles. The largest absolute Gasteiger partial charge is 0.455 e. The maximum absolute atomic E-state index is 7.13. The van der Waals surface area contributed by atoms with E-state index < -0.39 is 5.41 Å². The van der Waals surface area contributed by atoms with Crippen LogP contribution in [0.3, 0.4) is 0 Å². The summed E-state index contributed by atoms with van der Waals surface area (Å²) in [5.74, 6) is 0. The van der Waals surface area contributed by atoms with Crippen molar-refractivity contribution < 1.29 is 4.42 Å². The van der Waals surface area contributed by atoms with Crippen LogP contribution in [0.1, 0.15) is 22.3 Å². The zero-order chi connectivity index (χ0) is 40.1. The molecule has 0 radical (unpaired) electrons. The summed E-state index contributed by atoms with van der Waals surface area (Å²) in [4.78, 5) is 2.46. The Morgan fingerprint density at radius 2 is 0.852 bits per heavy atom. The van der Waals surface area contributed by atoms with Gasteiger partial charge in [-0.05, 0) is 109 Å². The Bertz CT molecular complexity index is 3460. The van der Waals surface area contributed by atoms with Gasteiger partial charge in [-0.1, -0.05) is 182 Å². The lowest BCUT2D eigenvalue weighted by atomic mass is 9.70. The summed E-state index contributed by atoms with van der Waals surface area (Å²) >= 11 is 0. The quantitative estimate of drug-likeness (QED) is 0.173. The Hall–Kier alpha value is -7.94. The number of furan rings is 1. The summed E-state index contributed by atoms with van der Waals surface area (Å²) < 4.78 is 7.13. The Morgan fingerprint density at radius 3 is 1.52 bits per heavy atom. The van der Waals surface area contributed by atoms with Crippen molar-refractivity contribution >= 4 is 49.8 Å². The van der Waals surface area contributed by atoms with E-state index in [-0.39, 0.29) is 0 Å². The summed E-state index contributed by atoms with van der Waals surface area (Å²) in [5, 5.41) is 4.45. The predicted molar refractivity (Wildman–Crippen MR) is 253 cm³/mol. The molecule has 0 saturated carbocycles. The van der Waals surface area contributed by atoms with E-state index in [1.807, 2.05) is 0 Å². The molecule has 10 aromatic carbocycles. The highest BCUT2D eigenvalue weighted by atomic mass is 16.3. The fraction of sp³-hybridized carbons (Fsp3) is 0.0169. The van der Waals surface area contributed by atoms with Gasteiger partial charge >= 0.3 is 0 Å². The molecule has 13 rings (SSSR count). The van der Waals surface area contributed by atoms with Crippen LogP contribution in [0.15, 0.2) is 229 Å². The Kier molecular flexibility index (Phi) is 7.26. The number of nitrogens with zero attached hydrogens (tertiary/aromatic N) is 1. The van der Waals surface area contributed by atoms with E-state index >= 15 is 0 Å². The summed E-state index contributed by atoms with van der Waals surface area (Å²) in [6.45, 7) is 0. The summed E-state index contributed by atoms with van der Waals surface area (Å²) in [6.07, 6.45) is 0. The van der Waals surface area contributed by atoms with Gasteiger partial charge in [0.15, 0.2) is 0 Å². The average molecular weight is 776 g/mol. The van der Waals surface area contributed by atoms with E-state index in [1.54, 1.807) is 0 Å². The minimum absolute atomic E-state index is 0.467. The Balaban J connectivity index is 1.12. The molecule has 1 heterocycles. The van der Waals surface area contributed by atoms with E-state index in [2.05, 4.69) is 229 Å². The highest BCUT2D eigenvalue weighted by Gasteiger charge is 2.51. The van der Waals surface area contributed by atoms with E-state index in [9.17, 15) is 0 Å². The van der Waals surface area contributed by atoms with Crippen molar-refractivity contribution in [2.75, 3.05) is 4.90 Å².